The minimum Gasteiger partial charge on any atom is -0.376 e. The lowest BCUT2D eigenvalue weighted by molar-refractivity contribution is 0.00161. The van der Waals surface area contributed by atoms with Gasteiger partial charge in [-0.2, -0.15) is 0 Å². The molecule has 6 heteroatoms. The molecule has 2 amide bonds. The molecule has 1 atom stereocenters. The summed E-state index contributed by atoms with van der Waals surface area (Å²) in [5, 5.41) is 2.91. The summed E-state index contributed by atoms with van der Waals surface area (Å²) in [4.78, 5) is 23.0. The maximum absolute atomic E-state index is 12.5. The van der Waals surface area contributed by atoms with Crippen LogP contribution in [0.2, 0.25) is 0 Å². The molecule has 6 nitrogen and oxygen atoms in total. The number of nitrogens with zero attached hydrogens (tertiary/aromatic N) is 3. The lowest BCUT2D eigenvalue weighted by atomic mass is 10.1. The van der Waals surface area contributed by atoms with Crippen molar-refractivity contribution >= 4 is 11.7 Å². The Bertz CT molecular complexity index is 510. The molecular formula is C17H26N4O2. The number of amides is 2. The van der Waals surface area contributed by atoms with Gasteiger partial charge in [0.1, 0.15) is 5.82 Å². The van der Waals surface area contributed by atoms with E-state index in [0.29, 0.717) is 18.2 Å². The molecule has 0 unspecified atom stereocenters. The molecule has 1 aromatic heterocycles. The number of carbonyl (C=O) groups is 1. The van der Waals surface area contributed by atoms with Crippen LogP contribution in [0.5, 0.6) is 0 Å². The lowest BCUT2D eigenvalue weighted by Crippen LogP contribution is -2.42. The average molecular weight is 318 g/mol. The summed E-state index contributed by atoms with van der Waals surface area (Å²) in [7, 11) is 0. The highest BCUT2D eigenvalue weighted by Crippen LogP contribution is 2.37. The monoisotopic (exact) mass is 318 g/mol. The first-order valence-corrected chi connectivity index (χ1v) is 8.75. The van der Waals surface area contributed by atoms with Crippen molar-refractivity contribution in [1.82, 2.24) is 14.9 Å². The van der Waals surface area contributed by atoms with Crippen molar-refractivity contribution in [2.75, 3.05) is 25.0 Å². The van der Waals surface area contributed by atoms with Gasteiger partial charge in [-0.3, -0.25) is 0 Å². The third kappa shape index (κ3) is 4.64. The van der Waals surface area contributed by atoms with Crippen LogP contribution in [0.15, 0.2) is 12.4 Å². The molecule has 1 aliphatic carbocycles. The van der Waals surface area contributed by atoms with Crippen molar-refractivity contribution < 1.29 is 9.53 Å². The fraction of sp³-hybridized carbons (Fsp3) is 0.706. The molecule has 0 aromatic carbocycles. The molecule has 1 saturated carbocycles. The van der Waals surface area contributed by atoms with Crippen molar-refractivity contribution in [3.05, 3.63) is 18.2 Å². The van der Waals surface area contributed by atoms with Crippen LogP contribution in [-0.4, -0.2) is 46.7 Å². The van der Waals surface area contributed by atoms with E-state index < -0.39 is 0 Å². The van der Waals surface area contributed by atoms with Crippen molar-refractivity contribution in [3.63, 3.8) is 0 Å². The van der Waals surface area contributed by atoms with Crippen LogP contribution in [0.25, 0.3) is 0 Å². The predicted molar refractivity (Wildman–Crippen MR) is 88.5 cm³/mol. The first-order valence-electron chi connectivity index (χ1n) is 8.75. The Morgan fingerprint density at radius 1 is 1.30 bits per heavy atom. The first-order chi connectivity index (χ1) is 11.3. The van der Waals surface area contributed by atoms with E-state index >= 15 is 0 Å². The van der Waals surface area contributed by atoms with E-state index in [0.717, 1.165) is 38.2 Å². The Balaban J connectivity index is 1.55. The van der Waals surface area contributed by atoms with Crippen LogP contribution in [0.3, 0.4) is 0 Å². The molecular weight excluding hydrogens is 292 g/mol. The number of rotatable bonds is 6. The fourth-order valence-corrected chi connectivity index (χ4v) is 2.90. The van der Waals surface area contributed by atoms with Crippen molar-refractivity contribution in [2.45, 2.75) is 57.5 Å². The maximum atomic E-state index is 12.5. The number of ether oxygens (including phenoxy) is 1. The van der Waals surface area contributed by atoms with Crippen LogP contribution in [0.1, 0.15) is 57.2 Å². The first kappa shape index (κ1) is 16.2. The van der Waals surface area contributed by atoms with Crippen LogP contribution in [-0.2, 0) is 4.74 Å². The van der Waals surface area contributed by atoms with E-state index in [-0.39, 0.29) is 12.1 Å². The Morgan fingerprint density at radius 3 is 2.70 bits per heavy atom. The standard InChI is InChI=1S/C17H26N4O2/c1-2-8-21(12-15-5-3-4-9-23-15)17(22)20-14-10-18-16(19-11-14)13-6-7-13/h10-11,13,15H,2-9,12H2,1H3,(H,20,22)/t15-/m0/s1. The number of urea groups is 1. The van der Waals surface area contributed by atoms with Crippen LogP contribution < -0.4 is 5.32 Å². The quantitative estimate of drug-likeness (QED) is 0.875. The normalized spacial score (nSPS) is 21.0. The fourth-order valence-electron chi connectivity index (χ4n) is 2.90. The van der Waals surface area contributed by atoms with Gasteiger partial charge in [0.25, 0.3) is 0 Å². The average Bonchev–Trinajstić information content (AvgIpc) is 3.41. The third-order valence-electron chi connectivity index (χ3n) is 4.34. The van der Waals surface area contributed by atoms with Crippen molar-refractivity contribution in [3.8, 4) is 0 Å². The van der Waals surface area contributed by atoms with Gasteiger partial charge in [-0.25, -0.2) is 14.8 Å². The molecule has 1 N–H and O–H groups in total. The zero-order valence-corrected chi connectivity index (χ0v) is 13.8. The Labute approximate surface area is 137 Å². The third-order valence-corrected chi connectivity index (χ3v) is 4.34. The van der Waals surface area contributed by atoms with Crippen LogP contribution in [0, 0.1) is 0 Å². The van der Waals surface area contributed by atoms with Gasteiger partial charge in [-0.05, 0) is 38.5 Å². The number of nitrogens with one attached hydrogen (secondary N) is 1. The Morgan fingerprint density at radius 2 is 2.09 bits per heavy atom. The molecule has 1 aliphatic heterocycles. The van der Waals surface area contributed by atoms with E-state index in [9.17, 15) is 4.79 Å². The topological polar surface area (TPSA) is 67.3 Å². The number of hydrogen-bond donors (Lipinski definition) is 1. The van der Waals surface area contributed by atoms with Gasteiger partial charge in [-0.1, -0.05) is 6.92 Å². The highest BCUT2D eigenvalue weighted by atomic mass is 16.5. The van der Waals surface area contributed by atoms with E-state index in [1.54, 1.807) is 12.4 Å². The maximum Gasteiger partial charge on any atom is 0.322 e. The molecule has 0 bridgehead atoms. The van der Waals surface area contributed by atoms with E-state index in [1.807, 2.05) is 4.90 Å². The molecule has 2 aliphatic rings. The number of aromatic nitrogens is 2. The molecule has 2 heterocycles. The van der Waals surface area contributed by atoms with Crippen molar-refractivity contribution in [1.29, 1.82) is 0 Å². The second-order valence-corrected chi connectivity index (χ2v) is 6.47. The second-order valence-electron chi connectivity index (χ2n) is 6.47. The molecule has 1 saturated heterocycles. The SMILES string of the molecule is CCCN(C[C@@H]1CCCCO1)C(=O)Nc1cnc(C2CC2)nc1. The summed E-state index contributed by atoms with van der Waals surface area (Å²) in [5.41, 5.74) is 0.657. The van der Waals surface area contributed by atoms with E-state index in [4.69, 9.17) is 4.74 Å². The molecule has 3 rings (SSSR count). The molecule has 23 heavy (non-hydrogen) atoms. The zero-order valence-electron chi connectivity index (χ0n) is 13.8. The minimum atomic E-state index is -0.0937. The summed E-state index contributed by atoms with van der Waals surface area (Å²) >= 11 is 0. The highest BCUT2D eigenvalue weighted by Gasteiger charge is 2.26. The summed E-state index contributed by atoms with van der Waals surface area (Å²) in [5.74, 6) is 1.42. The zero-order chi connectivity index (χ0) is 16.1. The highest BCUT2D eigenvalue weighted by molar-refractivity contribution is 5.88. The summed E-state index contributed by atoms with van der Waals surface area (Å²) < 4.78 is 5.76. The molecule has 0 spiro atoms. The Kier molecular flexibility index (Phi) is 5.43. The van der Waals surface area contributed by atoms with Gasteiger partial charge in [0.05, 0.1) is 24.2 Å². The van der Waals surface area contributed by atoms with Gasteiger partial charge in [0.2, 0.25) is 0 Å². The van der Waals surface area contributed by atoms with E-state index in [1.165, 1.54) is 19.3 Å². The predicted octanol–water partition coefficient (Wildman–Crippen LogP) is 3.17. The summed E-state index contributed by atoms with van der Waals surface area (Å²) in [6, 6.07) is -0.0937. The van der Waals surface area contributed by atoms with Gasteiger partial charge >= 0.3 is 6.03 Å². The largest absolute Gasteiger partial charge is 0.376 e. The summed E-state index contributed by atoms with van der Waals surface area (Å²) in [6.07, 6.45) is 10.2. The molecule has 1 aromatic rings. The number of anilines is 1. The van der Waals surface area contributed by atoms with E-state index in [2.05, 4.69) is 22.2 Å². The Hall–Kier alpha value is -1.69. The minimum absolute atomic E-state index is 0.0937. The van der Waals surface area contributed by atoms with Crippen LogP contribution in [0.4, 0.5) is 10.5 Å². The van der Waals surface area contributed by atoms with Gasteiger partial charge in [0.15, 0.2) is 0 Å². The van der Waals surface area contributed by atoms with Gasteiger partial charge in [-0.15, -0.1) is 0 Å². The lowest BCUT2D eigenvalue weighted by Gasteiger charge is -2.29. The smallest absolute Gasteiger partial charge is 0.322 e. The van der Waals surface area contributed by atoms with Gasteiger partial charge < -0.3 is 15.0 Å². The van der Waals surface area contributed by atoms with Crippen molar-refractivity contribution in [2.24, 2.45) is 0 Å². The molecule has 0 radical (unpaired) electrons. The summed E-state index contributed by atoms with van der Waals surface area (Å²) in [6.45, 7) is 4.27. The van der Waals surface area contributed by atoms with Crippen LogP contribution >= 0.6 is 0 Å². The van der Waals surface area contributed by atoms with Gasteiger partial charge in [0, 0.05) is 25.6 Å². The second kappa shape index (κ2) is 7.73. The molecule has 126 valence electrons. The number of carbonyl (C=O) groups excluding carboxylic acids is 1. The number of hydrogen-bond acceptors (Lipinski definition) is 4. The molecule has 2 fully saturated rings.